The molecule has 0 spiro atoms. The molecule has 4 nitrogen and oxygen atoms in total. The van der Waals surface area contributed by atoms with Crippen LogP contribution in [0.1, 0.15) is 5.56 Å². The number of anilines is 1. The van der Waals surface area contributed by atoms with Crippen molar-refractivity contribution in [3.63, 3.8) is 0 Å². The van der Waals surface area contributed by atoms with Crippen molar-refractivity contribution in [2.45, 2.75) is 6.54 Å². The second-order valence-electron chi connectivity index (χ2n) is 5.80. The number of carbonyl (C=O) groups excluding carboxylic acids is 2. The van der Waals surface area contributed by atoms with Gasteiger partial charge >= 0.3 is 0 Å². The molecule has 0 radical (unpaired) electrons. The van der Waals surface area contributed by atoms with E-state index in [0.29, 0.717) is 16.6 Å². The molecule has 0 saturated carbocycles. The fourth-order valence-corrected chi connectivity index (χ4v) is 3.67. The highest BCUT2D eigenvalue weighted by atomic mass is 32.2. The van der Waals surface area contributed by atoms with Gasteiger partial charge in [0.2, 0.25) is 0 Å². The van der Waals surface area contributed by atoms with Gasteiger partial charge in [-0.25, -0.2) is 13.7 Å². The van der Waals surface area contributed by atoms with Crippen LogP contribution in [0.2, 0.25) is 0 Å². The van der Waals surface area contributed by atoms with Gasteiger partial charge in [0.1, 0.15) is 0 Å². The van der Waals surface area contributed by atoms with Crippen LogP contribution in [0.4, 0.5) is 19.3 Å². The van der Waals surface area contributed by atoms with E-state index in [1.54, 1.807) is 35.0 Å². The van der Waals surface area contributed by atoms with Gasteiger partial charge in [0.05, 0.1) is 22.7 Å². The fourth-order valence-electron chi connectivity index (χ4n) is 3.00. The number of aromatic nitrogens is 1. The third kappa shape index (κ3) is 2.52. The maximum Gasteiger partial charge on any atom is 0.298 e. The van der Waals surface area contributed by atoms with Crippen molar-refractivity contribution in [2.24, 2.45) is 0 Å². The number of benzene rings is 2. The highest BCUT2D eigenvalue weighted by Crippen LogP contribution is 2.37. The number of rotatable bonds is 3. The summed E-state index contributed by atoms with van der Waals surface area (Å²) in [5.74, 6) is -2.23. The summed E-state index contributed by atoms with van der Waals surface area (Å²) in [6.45, 7) is 3.71. The van der Waals surface area contributed by atoms with Crippen LogP contribution < -0.4 is 4.90 Å². The van der Waals surface area contributed by atoms with E-state index in [1.807, 2.05) is 0 Å². The lowest BCUT2D eigenvalue weighted by atomic mass is 10.2. The number of hydrogen-bond donors (Lipinski definition) is 0. The Hall–Kier alpha value is -2.93. The van der Waals surface area contributed by atoms with Crippen LogP contribution in [0.25, 0.3) is 10.9 Å². The summed E-state index contributed by atoms with van der Waals surface area (Å²) in [5, 5.41) is 0.262. The van der Waals surface area contributed by atoms with Crippen molar-refractivity contribution in [1.29, 1.82) is 0 Å². The first kappa shape index (κ1) is 16.5. The van der Waals surface area contributed by atoms with E-state index < -0.39 is 22.8 Å². The second-order valence-corrected chi connectivity index (χ2v) is 6.84. The summed E-state index contributed by atoms with van der Waals surface area (Å²) >= 11 is 0.798. The molecule has 130 valence electrons. The Labute approximate surface area is 151 Å². The number of thioether (sulfide) groups is 1. The molecule has 2 amide bonds. The molecule has 1 aliphatic rings. The minimum absolute atomic E-state index is 0.125. The van der Waals surface area contributed by atoms with Gasteiger partial charge in [-0.05, 0) is 36.0 Å². The van der Waals surface area contributed by atoms with E-state index in [1.165, 1.54) is 12.1 Å². The minimum atomic E-state index is -0.900. The van der Waals surface area contributed by atoms with Crippen LogP contribution in [-0.4, -0.2) is 15.7 Å². The van der Waals surface area contributed by atoms with Crippen LogP contribution in [0.5, 0.6) is 0 Å². The lowest BCUT2D eigenvalue weighted by Crippen LogP contribution is -2.27. The maximum atomic E-state index is 14.0. The number of halogens is 2. The molecular formula is C19H12F2N2O2S. The minimum Gasteiger partial charge on any atom is -0.343 e. The standard InChI is InChI=1S/C19H12F2N2O2S/c1-11-18(24)23(19(25)26-11)16-7-3-6-15-13(16)8-9-22(15)10-12-4-2-5-14(20)17(12)21/h2-9H,1,10H2. The SMILES string of the molecule is C=C1SC(=O)N(c2cccc3c2ccn3Cc2cccc(F)c2F)C1=O. The van der Waals surface area contributed by atoms with Gasteiger partial charge in [0.25, 0.3) is 11.1 Å². The number of nitrogens with zero attached hydrogens (tertiary/aromatic N) is 2. The number of imide groups is 1. The lowest BCUT2D eigenvalue weighted by Gasteiger charge is -2.14. The molecular weight excluding hydrogens is 358 g/mol. The first-order valence-corrected chi connectivity index (χ1v) is 8.55. The molecule has 0 atom stereocenters. The summed E-state index contributed by atoms with van der Waals surface area (Å²) in [5.41, 5.74) is 1.36. The van der Waals surface area contributed by atoms with Gasteiger partial charge in [-0.3, -0.25) is 9.59 Å². The molecule has 1 aliphatic heterocycles. The zero-order valence-electron chi connectivity index (χ0n) is 13.4. The van der Waals surface area contributed by atoms with Crippen molar-refractivity contribution in [3.8, 4) is 0 Å². The van der Waals surface area contributed by atoms with Crippen LogP contribution in [-0.2, 0) is 11.3 Å². The molecule has 0 N–H and O–H groups in total. The highest BCUT2D eigenvalue weighted by molar-refractivity contribution is 8.18. The number of hydrogen-bond acceptors (Lipinski definition) is 3. The fraction of sp³-hybridized carbons (Fsp3) is 0.0526. The quantitative estimate of drug-likeness (QED) is 0.629. The Morgan fingerprint density at radius 3 is 2.54 bits per heavy atom. The number of carbonyl (C=O) groups is 2. The van der Waals surface area contributed by atoms with Gasteiger partial charge in [0.15, 0.2) is 11.6 Å². The molecule has 1 aromatic heterocycles. The molecule has 1 fully saturated rings. The van der Waals surface area contributed by atoms with Crippen molar-refractivity contribution >= 4 is 39.5 Å². The molecule has 2 heterocycles. The van der Waals surface area contributed by atoms with Crippen molar-refractivity contribution in [3.05, 3.63) is 77.3 Å². The van der Waals surface area contributed by atoms with Crippen LogP contribution in [0.15, 0.2) is 60.1 Å². The average molecular weight is 370 g/mol. The predicted molar refractivity (Wildman–Crippen MR) is 97.0 cm³/mol. The summed E-state index contributed by atoms with van der Waals surface area (Å²) in [6.07, 6.45) is 1.71. The van der Waals surface area contributed by atoms with Gasteiger partial charge in [-0.2, -0.15) is 0 Å². The van der Waals surface area contributed by atoms with Crippen LogP contribution in [0.3, 0.4) is 0 Å². The predicted octanol–water partition coefficient (Wildman–Crippen LogP) is 4.68. The topological polar surface area (TPSA) is 42.3 Å². The lowest BCUT2D eigenvalue weighted by molar-refractivity contribution is -0.113. The molecule has 2 aromatic carbocycles. The molecule has 0 bridgehead atoms. The van der Waals surface area contributed by atoms with Gasteiger partial charge in [0, 0.05) is 17.1 Å². The molecule has 4 rings (SSSR count). The Morgan fingerprint density at radius 2 is 1.81 bits per heavy atom. The first-order chi connectivity index (χ1) is 12.5. The average Bonchev–Trinajstić information content (AvgIpc) is 3.13. The van der Waals surface area contributed by atoms with Gasteiger partial charge in [-0.15, -0.1) is 0 Å². The number of amides is 2. The number of fused-ring (bicyclic) bond motifs is 1. The zero-order valence-corrected chi connectivity index (χ0v) is 14.2. The zero-order chi connectivity index (χ0) is 18.4. The summed E-state index contributed by atoms with van der Waals surface area (Å²) < 4.78 is 29.1. The third-order valence-electron chi connectivity index (χ3n) is 4.24. The van der Waals surface area contributed by atoms with E-state index in [0.717, 1.165) is 22.7 Å². The van der Waals surface area contributed by atoms with E-state index >= 15 is 0 Å². The Bertz CT molecular complexity index is 1090. The molecule has 7 heteroatoms. The molecule has 0 aliphatic carbocycles. The third-order valence-corrected chi connectivity index (χ3v) is 5.02. The van der Waals surface area contributed by atoms with Crippen molar-refractivity contribution < 1.29 is 18.4 Å². The van der Waals surface area contributed by atoms with Crippen molar-refractivity contribution in [2.75, 3.05) is 4.90 Å². The van der Waals surface area contributed by atoms with E-state index in [9.17, 15) is 18.4 Å². The van der Waals surface area contributed by atoms with Gasteiger partial charge in [-0.1, -0.05) is 24.8 Å². The summed E-state index contributed by atoms with van der Waals surface area (Å²) in [4.78, 5) is 25.6. The first-order valence-electron chi connectivity index (χ1n) is 7.73. The Kier molecular flexibility index (Phi) is 3.88. The summed E-state index contributed by atoms with van der Waals surface area (Å²) in [6, 6.07) is 11.0. The van der Waals surface area contributed by atoms with E-state index in [2.05, 4.69) is 6.58 Å². The van der Waals surface area contributed by atoms with Crippen LogP contribution >= 0.6 is 11.8 Å². The highest BCUT2D eigenvalue weighted by Gasteiger charge is 2.36. The maximum absolute atomic E-state index is 14.0. The van der Waals surface area contributed by atoms with E-state index in [4.69, 9.17) is 0 Å². The van der Waals surface area contributed by atoms with Crippen molar-refractivity contribution in [1.82, 2.24) is 4.57 Å². The Morgan fingerprint density at radius 1 is 1.04 bits per heavy atom. The smallest absolute Gasteiger partial charge is 0.298 e. The monoisotopic (exact) mass is 370 g/mol. The largest absolute Gasteiger partial charge is 0.343 e. The summed E-state index contributed by atoms with van der Waals surface area (Å²) in [7, 11) is 0. The molecule has 3 aromatic rings. The van der Waals surface area contributed by atoms with E-state index in [-0.39, 0.29) is 17.0 Å². The second kappa shape index (κ2) is 6.10. The van der Waals surface area contributed by atoms with Gasteiger partial charge < -0.3 is 4.57 Å². The van der Waals surface area contributed by atoms with Crippen LogP contribution in [0, 0.1) is 11.6 Å². The Balaban J connectivity index is 1.79. The molecule has 26 heavy (non-hydrogen) atoms. The molecule has 0 unspecified atom stereocenters. The normalized spacial score (nSPS) is 14.7. The molecule has 1 saturated heterocycles.